The minimum atomic E-state index is -0.238. The average Bonchev–Trinajstić information content (AvgIpc) is 3.09. The maximum atomic E-state index is 11.5. The van der Waals surface area contributed by atoms with Crippen LogP contribution in [0.2, 0.25) is 0 Å². The standard InChI is InChI=1S/C62H94O3S4/c1-53(2,3)41-29-37(30-42(49(41)63)54(4,5)6)66-61(25,26)68-39-33-45(57(13,14)15)51(46(34-39)58(16,17)18)65-52-47(59(19,20)21)35-40(36-48(52)60(22,23)24)69-62(27,28)67-38-31-43(55(7,8)9)50(64)44(32-38)56(10,11)12/h29-36,63-64H,1-28H3. The van der Waals surface area contributed by atoms with Crippen LogP contribution >= 0.6 is 47.0 Å². The van der Waals surface area contributed by atoms with E-state index in [9.17, 15) is 10.2 Å². The highest BCUT2D eigenvalue weighted by atomic mass is 32.2. The van der Waals surface area contributed by atoms with Gasteiger partial charge in [-0.25, -0.2) is 0 Å². The molecule has 0 aliphatic rings. The zero-order valence-corrected chi connectivity index (χ0v) is 51.8. The third-order valence-corrected chi connectivity index (χ3v) is 17.3. The largest absolute Gasteiger partial charge is 0.507 e. The lowest BCUT2D eigenvalue weighted by atomic mass is 9.78. The zero-order chi connectivity index (χ0) is 53.4. The Hall–Kier alpha value is -2.32. The number of rotatable bonds is 10. The van der Waals surface area contributed by atoms with E-state index in [0.717, 1.165) is 33.8 Å². The van der Waals surface area contributed by atoms with Crippen LogP contribution in [0.4, 0.5) is 0 Å². The Bertz CT molecular complexity index is 2190. The van der Waals surface area contributed by atoms with Crippen LogP contribution in [0.3, 0.4) is 0 Å². The molecule has 2 N–H and O–H groups in total. The van der Waals surface area contributed by atoms with Crippen LogP contribution in [-0.2, 0) is 43.3 Å². The fourth-order valence-electron chi connectivity index (χ4n) is 8.67. The molecule has 0 fully saturated rings. The minimum Gasteiger partial charge on any atom is -0.507 e. The molecule has 0 bridgehead atoms. The third kappa shape index (κ3) is 14.9. The van der Waals surface area contributed by atoms with Gasteiger partial charge in [0.05, 0.1) is 8.16 Å². The molecule has 3 nitrogen and oxygen atoms in total. The Morgan fingerprint density at radius 2 is 0.406 bits per heavy atom. The van der Waals surface area contributed by atoms with Gasteiger partial charge < -0.3 is 14.9 Å². The molecule has 0 aliphatic heterocycles. The summed E-state index contributed by atoms with van der Waals surface area (Å²) in [5.41, 5.74) is 7.04. The van der Waals surface area contributed by atoms with Crippen molar-refractivity contribution in [1.82, 2.24) is 0 Å². The number of thioether (sulfide) groups is 4. The monoisotopic (exact) mass is 1010 g/mol. The van der Waals surface area contributed by atoms with E-state index in [2.05, 4.69) is 242 Å². The maximum absolute atomic E-state index is 11.5. The van der Waals surface area contributed by atoms with Crippen molar-refractivity contribution in [3.63, 3.8) is 0 Å². The Morgan fingerprint density at radius 3 is 0.551 bits per heavy atom. The molecule has 0 radical (unpaired) electrons. The summed E-state index contributed by atoms with van der Waals surface area (Å²) >= 11 is 7.54. The molecule has 0 aromatic heterocycles. The van der Waals surface area contributed by atoms with Crippen LogP contribution in [0.5, 0.6) is 23.0 Å². The van der Waals surface area contributed by atoms with Gasteiger partial charge in [-0.3, -0.25) is 0 Å². The lowest BCUT2D eigenvalue weighted by Gasteiger charge is -2.35. The van der Waals surface area contributed by atoms with Crippen molar-refractivity contribution >= 4 is 47.0 Å². The third-order valence-electron chi connectivity index (χ3n) is 12.4. The fourth-order valence-corrected chi connectivity index (χ4v) is 13.8. The predicted molar refractivity (Wildman–Crippen MR) is 310 cm³/mol. The quantitative estimate of drug-likeness (QED) is 0.121. The van der Waals surface area contributed by atoms with E-state index >= 15 is 0 Å². The van der Waals surface area contributed by atoms with E-state index in [4.69, 9.17) is 4.74 Å². The summed E-state index contributed by atoms with van der Waals surface area (Å²) in [5.74, 6) is 2.75. The van der Waals surface area contributed by atoms with Gasteiger partial charge in [-0.1, -0.05) is 166 Å². The smallest absolute Gasteiger partial charge is 0.134 e. The highest BCUT2D eigenvalue weighted by Crippen LogP contribution is 2.55. The van der Waals surface area contributed by atoms with E-state index < -0.39 is 0 Å². The van der Waals surface area contributed by atoms with Crippen molar-refractivity contribution < 1.29 is 14.9 Å². The Morgan fingerprint density at radius 1 is 0.261 bits per heavy atom. The summed E-state index contributed by atoms with van der Waals surface area (Å²) in [6, 6.07) is 18.4. The molecule has 69 heavy (non-hydrogen) atoms. The first-order chi connectivity index (χ1) is 30.5. The minimum absolute atomic E-state index is 0.201. The molecule has 4 aromatic rings. The molecule has 0 atom stereocenters. The normalized spacial score (nSPS) is 14.1. The van der Waals surface area contributed by atoms with Gasteiger partial charge >= 0.3 is 0 Å². The maximum Gasteiger partial charge on any atom is 0.134 e. The molecule has 0 heterocycles. The molecule has 0 aliphatic carbocycles. The molecular weight excluding hydrogens is 921 g/mol. The lowest BCUT2D eigenvalue weighted by molar-refractivity contribution is 0.402. The van der Waals surface area contributed by atoms with E-state index in [1.807, 2.05) is 47.0 Å². The number of benzene rings is 4. The summed E-state index contributed by atoms with van der Waals surface area (Å²) < 4.78 is 7.22. The van der Waals surface area contributed by atoms with Crippen LogP contribution in [0.1, 0.15) is 238 Å². The number of phenols is 2. The van der Waals surface area contributed by atoms with Crippen molar-refractivity contribution in [3.05, 3.63) is 93.0 Å². The van der Waals surface area contributed by atoms with Gasteiger partial charge in [0, 0.05) is 64.1 Å². The zero-order valence-electron chi connectivity index (χ0n) is 48.6. The van der Waals surface area contributed by atoms with Crippen molar-refractivity contribution in [1.29, 1.82) is 0 Å². The van der Waals surface area contributed by atoms with Crippen LogP contribution in [0.15, 0.2) is 68.1 Å². The van der Waals surface area contributed by atoms with Gasteiger partial charge in [0.2, 0.25) is 0 Å². The predicted octanol–water partition coefficient (Wildman–Crippen LogP) is 20.5. The second-order valence-electron chi connectivity index (χ2n) is 28.7. The summed E-state index contributed by atoms with van der Waals surface area (Å²) in [5, 5.41) is 23.0. The molecule has 7 heteroatoms. The van der Waals surface area contributed by atoms with Crippen molar-refractivity contribution in [2.45, 2.75) is 265 Å². The second kappa shape index (κ2) is 19.5. The van der Waals surface area contributed by atoms with Gasteiger partial charge in [-0.2, -0.15) is 0 Å². The van der Waals surface area contributed by atoms with Crippen molar-refractivity contribution in [2.75, 3.05) is 0 Å². The van der Waals surface area contributed by atoms with Crippen LogP contribution < -0.4 is 4.74 Å². The summed E-state index contributed by atoms with van der Waals surface area (Å²) in [6.45, 7) is 63.2. The molecule has 0 unspecified atom stereocenters. The topological polar surface area (TPSA) is 49.7 Å². The van der Waals surface area contributed by atoms with E-state index in [0.29, 0.717) is 11.5 Å². The van der Waals surface area contributed by atoms with Gasteiger partial charge in [-0.15, -0.1) is 47.0 Å². The Kier molecular flexibility index (Phi) is 16.7. The van der Waals surface area contributed by atoms with Crippen LogP contribution in [0, 0.1) is 0 Å². The highest BCUT2D eigenvalue weighted by Gasteiger charge is 2.37. The molecule has 4 aromatic carbocycles. The number of hydrogen-bond donors (Lipinski definition) is 2. The van der Waals surface area contributed by atoms with Gasteiger partial charge in [0.1, 0.15) is 23.0 Å². The Balaban J connectivity index is 1.90. The fraction of sp³-hybridized carbons (Fsp3) is 0.613. The van der Waals surface area contributed by atoms with Gasteiger partial charge in [0.15, 0.2) is 0 Å². The molecule has 0 saturated carbocycles. The Labute approximate surface area is 440 Å². The van der Waals surface area contributed by atoms with Gasteiger partial charge in [0.25, 0.3) is 0 Å². The van der Waals surface area contributed by atoms with Gasteiger partial charge in [-0.05, 0) is 120 Å². The number of phenolic OH excluding ortho intramolecular Hbond substituents is 2. The van der Waals surface area contributed by atoms with E-state index in [-0.39, 0.29) is 51.5 Å². The number of aromatic hydroxyl groups is 2. The first-order valence-electron chi connectivity index (χ1n) is 25.1. The number of ether oxygens (including phenoxy) is 1. The summed E-state index contributed by atoms with van der Waals surface area (Å²) in [7, 11) is 0. The average molecular weight is 1020 g/mol. The highest BCUT2D eigenvalue weighted by molar-refractivity contribution is 8.18. The lowest BCUT2D eigenvalue weighted by Crippen LogP contribution is -2.23. The molecule has 0 saturated heterocycles. The molecule has 0 spiro atoms. The summed E-state index contributed by atoms with van der Waals surface area (Å²) in [6.07, 6.45) is 0. The second-order valence-corrected chi connectivity index (χ2v) is 36.0. The SMILES string of the molecule is CC(C)(Sc1cc(C(C)(C)C)c(O)c(C(C)(C)C)c1)Sc1cc(C(C)(C)C)c(Oc2c(C(C)(C)C)cc(SC(C)(C)Sc3cc(C(C)(C)C)c(O)c(C(C)(C)C)c3)cc2C(C)(C)C)c(C(C)(C)C)c1. The summed E-state index contributed by atoms with van der Waals surface area (Å²) in [4.78, 5) is 4.78. The molecular formula is C62H94O3S4. The van der Waals surface area contributed by atoms with E-state index in [1.165, 1.54) is 41.8 Å². The van der Waals surface area contributed by atoms with E-state index in [1.54, 1.807) is 0 Å². The molecule has 0 amide bonds. The van der Waals surface area contributed by atoms with Crippen LogP contribution in [-0.4, -0.2) is 18.4 Å². The molecule has 4 rings (SSSR count). The van der Waals surface area contributed by atoms with Crippen LogP contribution in [0.25, 0.3) is 0 Å². The van der Waals surface area contributed by atoms with Crippen molar-refractivity contribution in [3.8, 4) is 23.0 Å². The molecule has 384 valence electrons. The number of hydrogen-bond acceptors (Lipinski definition) is 7. The first kappa shape index (κ1) is 59.2. The van der Waals surface area contributed by atoms with Crippen molar-refractivity contribution in [2.24, 2.45) is 0 Å². The first-order valence-corrected chi connectivity index (χ1v) is 28.4.